The molecule has 2 rings (SSSR count). The van der Waals surface area contributed by atoms with Gasteiger partial charge in [0.05, 0.1) is 29.7 Å². The van der Waals surface area contributed by atoms with Crippen LogP contribution >= 0.6 is 11.6 Å². The quantitative estimate of drug-likeness (QED) is 0.893. The standard InChI is InChI=1S/C15H16ClF3N2O3/c1-21(14(23)9-4-5-24-8-9)7-13(22)20-10-2-3-12(16)11(6-10)15(17,18)19/h2-3,6,9H,4-5,7-8H2,1H3,(H,20,22). The lowest BCUT2D eigenvalue weighted by atomic mass is 10.1. The van der Waals surface area contributed by atoms with Crippen molar-refractivity contribution in [3.8, 4) is 0 Å². The van der Waals surface area contributed by atoms with Crippen molar-refractivity contribution in [1.29, 1.82) is 0 Å². The number of nitrogens with zero attached hydrogens (tertiary/aromatic N) is 1. The van der Waals surface area contributed by atoms with Gasteiger partial charge in [-0.3, -0.25) is 9.59 Å². The fraction of sp³-hybridized carbons (Fsp3) is 0.467. The van der Waals surface area contributed by atoms with E-state index in [0.29, 0.717) is 19.6 Å². The van der Waals surface area contributed by atoms with Gasteiger partial charge in [-0.05, 0) is 24.6 Å². The Hall–Kier alpha value is -1.80. The van der Waals surface area contributed by atoms with Crippen LogP contribution in [0.25, 0.3) is 0 Å². The molecule has 0 radical (unpaired) electrons. The second-order valence-electron chi connectivity index (χ2n) is 5.50. The number of hydrogen-bond acceptors (Lipinski definition) is 3. The third-order valence-corrected chi connectivity index (χ3v) is 3.92. The van der Waals surface area contributed by atoms with Gasteiger partial charge in [-0.15, -0.1) is 0 Å². The zero-order valence-electron chi connectivity index (χ0n) is 12.8. The minimum atomic E-state index is -4.62. The summed E-state index contributed by atoms with van der Waals surface area (Å²) >= 11 is 5.52. The number of carbonyl (C=O) groups is 2. The maximum atomic E-state index is 12.8. The van der Waals surface area contributed by atoms with Crippen LogP contribution in [0.4, 0.5) is 18.9 Å². The smallest absolute Gasteiger partial charge is 0.381 e. The second kappa shape index (κ2) is 7.40. The predicted octanol–water partition coefficient (Wildman–Crippen LogP) is 2.79. The first-order chi connectivity index (χ1) is 11.2. The molecule has 0 spiro atoms. The molecule has 1 aliphatic heterocycles. The lowest BCUT2D eigenvalue weighted by Gasteiger charge is -2.20. The fourth-order valence-electron chi connectivity index (χ4n) is 2.36. The highest BCUT2D eigenvalue weighted by Crippen LogP contribution is 2.36. The zero-order chi connectivity index (χ0) is 17.9. The maximum absolute atomic E-state index is 12.8. The molecule has 1 aromatic rings. The Morgan fingerprint density at radius 1 is 1.42 bits per heavy atom. The highest BCUT2D eigenvalue weighted by atomic mass is 35.5. The van der Waals surface area contributed by atoms with E-state index in [9.17, 15) is 22.8 Å². The van der Waals surface area contributed by atoms with Gasteiger partial charge in [0, 0.05) is 19.3 Å². The Morgan fingerprint density at radius 3 is 2.71 bits per heavy atom. The van der Waals surface area contributed by atoms with Gasteiger partial charge in [0.2, 0.25) is 11.8 Å². The van der Waals surface area contributed by atoms with Crippen LogP contribution in [-0.2, 0) is 20.5 Å². The summed E-state index contributed by atoms with van der Waals surface area (Å²) in [6.07, 6.45) is -4.02. The van der Waals surface area contributed by atoms with E-state index in [4.69, 9.17) is 16.3 Å². The minimum absolute atomic E-state index is 0.0400. The van der Waals surface area contributed by atoms with Crippen LogP contribution < -0.4 is 5.32 Å². The number of hydrogen-bond donors (Lipinski definition) is 1. The van der Waals surface area contributed by atoms with E-state index in [2.05, 4.69) is 5.32 Å². The minimum Gasteiger partial charge on any atom is -0.381 e. The lowest BCUT2D eigenvalue weighted by Crippen LogP contribution is -2.38. The molecule has 1 aromatic carbocycles. The molecule has 1 aliphatic rings. The molecule has 0 saturated carbocycles. The molecule has 0 aliphatic carbocycles. The van der Waals surface area contributed by atoms with Gasteiger partial charge in [0.15, 0.2) is 0 Å². The third kappa shape index (κ3) is 4.61. The van der Waals surface area contributed by atoms with Crippen molar-refractivity contribution in [2.45, 2.75) is 12.6 Å². The highest BCUT2D eigenvalue weighted by Gasteiger charge is 2.33. The van der Waals surface area contributed by atoms with E-state index in [1.54, 1.807) is 0 Å². The summed E-state index contributed by atoms with van der Waals surface area (Å²) in [4.78, 5) is 25.2. The van der Waals surface area contributed by atoms with E-state index in [1.165, 1.54) is 18.0 Å². The number of carbonyl (C=O) groups excluding carboxylic acids is 2. The van der Waals surface area contributed by atoms with E-state index in [1.807, 2.05) is 0 Å². The van der Waals surface area contributed by atoms with Crippen molar-refractivity contribution in [3.05, 3.63) is 28.8 Å². The van der Waals surface area contributed by atoms with Crippen molar-refractivity contribution in [3.63, 3.8) is 0 Å². The lowest BCUT2D eigenvalue weighted by molar-refractivity contribution is -0.137. The van der Waals surface area contributed by atoms with Crippen LogP contribution in [0, 0.1) is 5.92 Å². The van der Waals surface area contributed by atoms with Gasteiger partial charge in [-0.1, -0.05) is 11.6 Å². The molecule has 9 heteroatoms. The Kier molecular flexibility index (Phi) is 5.71. The summed E-state index contributed by atoms with van der Waals surface area (Å²) in [6, 6.07) is 3.08. The zero-order valence-corrected chi connectivity index (χ0v) is 13.6. The van der Waals surface area contributed by atoms with Crippen LogP contribution in [0.3, 0.4) is 0 Å². The van der Waals surface area contributed by atoms with Crippen LogP contribution in [-0.4, -0.2) is 43.5 Å². The number of anilines is 1. The summed E-state index contributed by atoms with van der Waals surface area (Å²) in [7, 11) is 1.46. The molecule has 1 atom stereocenters. The van der Waals surface area contributed by atoms with Crippen molar-refractivity contribution in [1.82, 2.24) is 4.90 Å². The Balaban J connectivity index is 1.98. The van der Waals surface area contributed by atoms with E-state index < -0.39 is 22.7 Å². The molecule has 5 nitrogen and oxygen atoms in total. The van der Waals surface area contributed by atoms with Gasteiger partial charge < -0.3 is 15.0 Å². The third-order valence-electron chi connectivity index (χ3n) is 3.59. The average Bonchev–Trinajstić information content (AvgIpc) is 3.01. The van der Waals surface area contributed by atoms with Crippen molar-refractivity contribution in [2.24, 2.45) is 5.92 Å². The number of halogens is 4. The maximum Gasteiger partial charge on any atom is 0.417 e. The molecule has 1 heterocycles. The summed E-state index contributed by atoms with van der Waals surface area (Å²) in [5.74, 6) is -1.11. The first-order valence-corrected chi connectivity index (χ1v) is 7.55. The van der Waals surface area contributed by atoms with E-state index in [0.717, 1.165) is 12.1 Å². The molecule has 1 N–H and O–H groups in total. The molecular formula is C15H16ClF3N2O3. The molecule has 0 aromatic heterocycles. The van der Waals surface area contributed by atoms with Crippen LogP contribution in [0.2, 0.25) is 5.02 Å². The largest absolute Gasteiger partial charge is 0.417 e. The molecule has 1 unspecified atom stereocenters. The Bertz CT molecular complexity index is 631. The fourth-order valence-corrected chi connectivity index (χ4v) is 2.58. The monoisotopic (exact) mass is 364 g/mol. The molecule has 1 saturated heterocycles. The van der Waals surface area contributed by atoms with Crippen molar-refractivity contribution in [2.75, 3.05) is 32.1 Å². The van der Waals surface area contributed by atoms with Crippen molar-refractivity contribution < 1.29 is 27.5 Å². The number of nitrogens with one attached hydrogen (secondary N) is 1. The summed E-state index contributed by atoms with van der Waals surface area (Å²) in [6.45, 7) is 0.553. The number of likely N-dealkylation sites (N-methyl/N-ethyl adjacent to an activating group) is 1. The molecule has 0 bridgehead atoms. The summed E-state index contributed by atoms with van der Waals surface area (Å²) in [5, 5.41) is 1.89. The van der Waals surface area contributed by atoms with Gasteiger partial charge in [0.25, 0.3) is 0 Å². The number of benzene rings is 1. The SMILES string of the molecule is CN(CC(=O)Nc1ccc(Cl)c(C(F)(F)F)c1)C(=O)C1CCOC1. The molecular weight excluding hydrogens is 349 g/mol. The predicted molar refractivity (Wildman–Crippen MR) is 81.6 cm³/mol. The number of alkyl halides is 3. The second-order valence-corrected chi connectivity index (χ2v) is 5.90. The number of ether oxygens (including phenoxy) is 1. The molecule has 24 heavy (non-hydrogen) atoms. The van der Waals surface area contributed by atoms with E-state index in [-0.39, 0.29) is 24.1 Å². The highest BCUT2D eigenvalue weighted by molar-refractivity contribution is 6.31. The molecule has 2 amide bonds. The van der Waals surface area contributed by atoms with Crippen molar-refractivity contribution >= 4 is 29.1 Å². The van der Waals surface area contributed by atoms with E-state index >= 15 is 0 Å². The topological polar surface area (TPSA) is 58.6 Å². The van der Waals surface area contributed by atoms with Gasteiger partial charge in [-0.2, -0.15) is 13.2 Å². The first-order valence-electron chi connectivity index (χ1n) is 7.18. The Morgan fingerprint density at radius 2 is 2.12 bits per heavy atom. The number of rotatable bonds is 4. The van der Waals surface area contributed by atoms with Gasteiger partial charge in [0.1, 0.15) is 0 Å². The van der Waals surface area contributed by atoms with Gasteiger partial charge in [-0.25, -0.2) is 0 Å². The summed E-state index contributed by atoms with van der Waals surface area (Å²) in [5.41, 5.74) is -1.07. The molecule has 132 valence electrons. The van der Waals surface area contributed by atoms with Gasteiger partial charge >= 0.3 is 6.18 Å². The first kappa shape index (κ1) is 18.5. The van der Waals surface area contributed by atoms with Crippen LogP contribution in [0.1, 0.15) is 12.0 Å². The average molecular weight is 365 g/mol. The number of amides is 2. The molecule has 1 fully saturated rings. The Labute approximate surface area is 141 Å². The van der Waals surface area contributed by atoms with Crippen LogP contribution in [0.5, 0.6) is 0 Å². The van der Waals surface area contributed by atoms with Crippen LogP contribution in [0.15, 0.2) is 18.2 Å². The normalized spacial score (nSPS) is 17.6. The summed E-state index contributed by atoms with van der Waals surface area (Å²) < 4.78 is 43.5.